The SMILES string of the molecule is [C-]#[N+]C(C(=O)OC)=C1c2ccccc2C(=O)c2ccccc21.[C-]#[N+]C(C(=O)OC)=C1c2ccccc2C(=S)c2ccccc21.[C-]#[N+]C(C(=O)OC)=C1c2ccccc2Oc2ccccc21.[C-]#[N+]C(C(=O)OC)=C1c2ccccc2Sc2ccccc21.[C-]#[N+]C(C(=O)OC)=c1c2ccccc2c(=C(C#N)C(=O)OC)c2ccccc12.[C-]#[N+]C(C(=O)OC)=c1c2ccccc2c(=C([N+]#[C-])C(=O)OC)c2ccccc12. The minimum Gasteiger partial charge on any atom is -0.474 e. The highest BCUT2D eigenvalue weighted by Crippen LogP contribution is 2.49. The zero-order chi connectivity index (χ0) is 102. The Morgan fingerprint density at radius 3 is 0.718 bits per heavy atom. The lowest BCUT2D eigenvalue weighted by Crippen LogP contribution is -2.23. The summed E-state index contributed by atoms with van der Waals surface area (Å²) >= 11 is 7.21. The third kappa shape index (κ3) is 19.4. The van der Waals surface area contributed by atoms with Gasteiger partial charge in [-0.05, 0) is 112 Å². The Hall–Kier alpha value is -19.9. The summed E-state index contributed by atoms with van der Waals surface area (Å²) in [6, 6.07) is 89.2. The average molecular weight is 1910 g/mol. The molecule has 2 aliphatic heterocycles. The number of fused-ring (bicyclic) bond motifs is 12. The maximum absolute atomic E-state index is 12.6. The van der Waals surface area contributed by atoms with E-state index in [9.17, 15) is 48.4 Å². The van der Waals surface area contributed by atoms with Crippen LogP contribution in [0.1, 0.15) is 71.6 Å². The lowest BCUT2D eigenvalue weighted by molar-refractivity contribution is -0.136. The van der Waals surface area contributed by atoms with Crippen LogP contribution in [0, 0.1) is 57.3 Å². The van der Waals surface area contributed by atoms with E-state index in [-0.39, 0.29) is 51.2 Å². The first-order valence-electron chi connectivity index (χ1n) is 42.3. The Labute approximate surface area is 822 Å². The summed E-state index contributed by atoms with van der Waals surface area (Å²) < 4.78 is 44.0. The summed E-state index contributed by atoms with van der Waals surface area (Å²) in [5.41, 5.74) is 10.1. The van der Waals surface area contributed by atoms with E-state index in [0.717, 1.165) is 48.0 Å². The van der Waals surface area contributed by atoms with E-state index < -0.39 is 47.8 Å². The van der Waals surface area contributed by atoms with E-state index in [0.29, 0.717) is 131 Å². The van der Waals surface area contributed by atoms with Gasteiger partial charge in [-0.3, -0.25) is 38.4 Å². The molecule has 0 unspecified atom stereocenters. The van der Waals surface area contributed by atoms with E-state index in [1.165, 1.54) is 56.9 Å². The molecule has 2 aliphatic carbocycles. The van der Waals surface area contributed by atoms with Gasteiger partial charge < -0.3 is 42.6 Å². The maximum Gasteiger partial charge on any atom is 0.349 e. The van der Waals surface area contributed by atoms with E-state index in [4.69, 9.17) is 101 Å². The predicted molar refractivity (Wildman–Crippen MR) is 537 cm³/mol. The molecule has 0 radical (unpaired) electrons. The van der Waals surface area contributed by atoms with Gasteiger partial charge in [-0.15, -0.1) is 0 Å². The monoisotopic (exact) mass is 1900 g/mol. The van der Waals surface area contributed by atoms with Crippen LogP contribution in [0.25, 0.3) is 122 Å². The van der Waals surface area contributed by atoms with Crippen molar-refractivity contribution in [1.29, 1.82) is 5.26 Å². The second kappa shape index (κ2) is 45.5. The van der Waals surface area contributed by atoms with Gasteiger partial charge in [0.2, 0.25) is 0 Å². The van der Waals surface area contributed by atoms with Gasteiger partial charge in [-0.1, -0.05) is 291 Å². The molecule has 18 rings (SSSR count). The van der Waals surface area contributed by atoms with Crippen LogP contribution >= 0.6 is 24.0 Å². The number of carbonyl (C=O) groups excluding carboxylic acids is 9. The molecule has 142 heavy (non-hydrogen) atoms. The quantitative estimate of drug-likeness (QED) is 0.0341. The maximum atomic E-state index is 12.6. The number of thiocarbonyl (C=S) groups is 1. The fourth-order valence-electron chi connectivity index (χ4n) is 16.5. The van der Waals surface area contributed by atoms with Crippen molar-refractivity contribution in [3.63, 3.8) is 0 Å². The number of benzene rings is 14. The van der Waals surface area contributed by atoms with Crippen LogP contribution in [0.5, 0.6) is 11.5 Å². The Kier molecular flexibility index (Phi) is 31.9. The largest absolute Gasteiger partial charge is 0.474 e. The van der Waals surface area contributed by atoms with Gasteiger partial charge >= 0.3 is 47.8 Å². The molecule has 26 nitrogen and oxygen atoms in total. The summed E-state index contributed by atoms with van der Waals surface area (Å²) in [6.07, 6.45) is 0. The lowest BCUT2D eigenvalue weighted by atomic mass is 9.80. The van der Waals surface area contributed by atoms with Crippen LogP contribution in [0.3, 0.4) is 0 Å². The van der Waals surface area contributed by atoms with Crippen LogP contribution in [0.4, 0.5) is 0 Å². The number of ketones is 1. The number of hydrogen-bond acceptors (Lipinski definition) is 21. The number of methoxy groups -OCH3 is 8. The highest BCUT2D eigenvalue weighted by atomic mass is 32.2. The van der Waals surface area contributed by atoms with Crippen LogP contribution in [-0.4, -0.2) is 115 Å². The minimum atomic E-state index is -0.757. The van der Waals surface area contributed by atoms with Crippen molar-refractivity contribution in [2.24, 2.45) is 0 Å². The van der Waals surface area contributed by atoms with Gasteiger partial charge in [0.1, 0.15) is 23.1 Å². The molecule has 0 amide bonds. The zero-order valence-corrected chi connectivity index (χ0v) is 78.1. The van der Waals surface area contributed by atoms with Gasteiger partial charge in [0.05, 0.1) is 108 Å². The molecule has 688 valence electrons. The first-order chi connectivity index (χ1) is 69.1. The third-order valence-electron chi connectivity index (χ3n) is 22.5. The highest BCUT2D eigenvalue weighted by molar-refractivity contribution is 7.99. The van der Waals surface area contributed by atoms with Gasteiger partial charge in [0.15, 0.2) is 5.78 Å². The topological polar surface area (TPSA) is 291 Å². The number of rotatable bonds is 8. The Morgan fingerprint density at radius 1 is 0.261 bits per heavy atom. The van der Waals surface area contributed by atoms with Crippen molar-refractivity contribution < 1.29 is 85.8 Å². The van der Waals surface area contributed by atoms with E-state index in [1.54, 1.807) is 157 Å². The zero-order valence-electron chi connectivity index (χ0n) is 76.5. The fourth-order valence-corrected chi connectivity index (χ4v) is 17.9. The van der Waals surface area contributed by atoms with Gasteiger partial charge in [0, 0.05) is 75.2 Å². The second-order valence-corrected chi connectivity index (χ2v) is 31.3. The van der Waals surface area contributed by atoms with E-state index >= 15 is 0 Å². The summed E-state index contributed by atoms with van der Waals surface area (Å²) in [7, 11) is 9.93. The molecule has 14 aromatic carbocycles. The van der Waals surface area contributed by atoms with Crippen molar-refractivity contribution in [1.82, 2.24) is 0 Å². The van der Waals surface area contributed by atoms with Gasteiger partial charge in [-0.25, -0.2) is 38.7 Å². The number of nitriles is 1. The molecular formula is C114H72N8O18S2. The molecule has 2 heterocycles. The Balaban J connectivity index is 0.000000144. The molecule has 0 fully saturated rings. The molecule has 14 aromatic rings. The van der Waals surface area contributed by atoms with Crippen LogP contribution in [-0.2, 0) is 76.3 Å². The number of para-hydroxylation sites is 2. The molecule has 0 bridgehead atoms. The third-order valence-corrected chi connectivity index (χ3v) is 24.1. The number of esters is 8. The lowest BCUT2D eigenvalue weighted by Gasteiger charge is -2.24. The Morgan fingerprint density at radius 2 is 0.458 bits per heavy atom. The number of nitrogens with zero attached hydrogens (tertiary/aromatic N) is 8. The summed E-state index contributed by atoms with van der Waals surface area (Å²) in [5.74, 6) is -4.46. The smallest absolute Gasteiger partial charge is 0.349 e. The van der Waals surface area contributed by atoms with Crippen molar-refractivity contribution in [3.8, 4) is 17.6 Å². The number of carbonyl (C=O) groups is 9. The molecule has 0 saturated heterocycles. The predicted octanol–water partition coefficient (Wildman–Crippen LogP) is 18.8. The number of ether oxygens (including phenoxy) is 9. The summed E-state index contributed by atoms with van der Waals surface area (Å²) in [6.45, 7) is 52.0. The summed E-state index contributed by atoms with van der Waals surface area (Å²) in [5, 5.41) is 15.8. The number of hydrogen-bond donors (Lipinski definition) is 0. The minimum absolute atomic E-state index is 0.0232. The molecule has 0 N–H and O–H groups in total. The normalized spacial score (nSPS) is 11.1. The molecule has 0 spiro atoms. The first-order valence-corrected chi connectivity index (χ1v) is 43.5. The first kappa shape index (κ1) is 99.6. The summed E-state index contributed by atoms with van der Waals surface area (Å²) in [4.78, 5) is 136. The van der Waals surface area contributed by atoms with Crippen molar-refractivity contribution in [2.45, 2.75) is 9.79 Å². The van der Waals surface area contributed by atoms with E-state index in [2.05, 4.69) is 33.9 Å². The average Bonchev–Trinajstić information content (AvgIpc) is 0.740. The van der Waals surface area contributed by atoms with E-state index in [1.807, 2.05) is 152 Å². The van der Waals surface area contributed by atoms with Crippen LogP contribution < -0.4 is 25.6 Å². The van der Waals surface area contributed by atoms with Crippen LogP contribution in [0.15, 0.2) is 324 Å². The van der Waals surface area contributed by atoms with Crippen molar-refractivity contribution in [3.05, 3.63) is 482 Å². The highest BCUT2D eigenvalue weighted by Gasteiger charge is 2.35. The molecule has 0 atom stereocenters. The van der Waals surface area contributed by atoms with Crippen molar-refractivity contribution >= 4 is 170 Å². The van der Waals surface area contributed by atoms with Crippen molar-refractivity contribution in [2.75, 3.05) is 56.9 Å². The second-order valence-electron chi connectivity index (χ2n) is 29.9. The van der Waals surface area contributed by atoms with Gasteiger partial charge in [-0.2, -0.15) is 5.26 Å². The molecule has 28 heteroatoms. The fraction of sp³-hybridized carbons (Fsp3) is 0.0702. The molecular weight excluding hydrogens is 1830 g/mol. The standard InChI is InChI=1S/2C22H14N2O4.C18H11NO3.C18H11NO2S.C17H11NO3.C17H11NO2S/c1-23-19(21(25)27-3)17-13-9-5-7-11-15(13)18(20(24-2)22(26)28-4)16-12-8-6-10-14(16)17;1-24-20(22(26)28-3)19-15-10-6-4-8-13(15)18(17(12-23)21(25)27-2)14-9-5-7-11-16(14)19;1-19-16(18(21)22-2)15-11-7-3-5-9-13(11)17(20)14-10-6-4-8-12(14)15;1-19-16(18(20)21-2)15-11-7-3-5-9-13(11)17(22)14-10-6-4-8-12(14)15;2*1-18-16(17(19)20-2)15-11-7-3-5-9-13(11)21-14-10-6-4-8-12(14)15/h5-12H,3-4H3;4-11H,2-3H3;2*3-10H,2H3;2*3-10H,2H3. The molecule has 0 saturated carbocycles. The van der Waals surface area contributed by atoms with Gasteiger partial charge in [0.25, 0.3) is 39.9 Å². The Bertz CT molecular complexity index is 7540. The molecule has 4 aliphatic rings. The molecule has 0 aromatic heterocycles. The van der Waals surface area contributed by atoms with Crippen LogP contribution in [0.2, 0.25) is 0 Å².